The normalized spacial score (nSPS) is 23.8. The van der Waals surface area contributed by atoms with E-state index >= 15 is 0 Å². The molecule has 1 heterocycles. The van der Waals surface area contributed by atoms with E-state index in [2.05, 4.69) is 6.92 Å². The summed E-state index contributed by atoms with van der Waals surface area (Å²) in [7, 11) is 0. The molecular weight excluding hydrogens is 414 g/mol. The van der Waals surface area contributed by atoms with Crippen LogP contribution in [0.3, 0.4) is 0 Å². The van der Waals surface area contributed by atoms with Crippen LogP contribution >= 0.6 is 0 Å². The number of ether oxygens (including phenoxy) is 1. The maximum Gasteiger partial charge on any atom is 0.338 e. The summed E-state index contributed by atoms with van der Waals surface area (Å²) in [6.07, 6.45) is 12.4. The van der Waals surface area contributed by atoms with Crippen molar-refractivity contribution in [2.75, 3.05) is 11.5 Å². The first-order valence-corrected chi connectivity index (χ1v) is 12.9. The molecule has 2 aliphatic rings. The molecule has 0 radical (unpaired) electrons. The Morgan fingerprint density at radius 1 is 0.939 bits per heavy atom. The molecule has 1 aliphatic carbocycles. The van der Waals surface area contributed by atoms with Crippen LogP contribution in [0.1, 0.15) is 109 Å². The lowest BCUT2D eigenvalue weighted by Crippen LogP contribution is -2.59. The molecule has 2 atom stereocenters. The van der Waals surface area contributed by atoms with E-state index in [0.717, 1.165) is 25.7 Å². The lowest BCUT2D eigenvalue weighted by Gasteiger charge is -2.47. The number of hydrogen-bond donors (Lipinski definition) is 0. The number of esters is 1. The molecule has 182 valence electrons. The van der Waals surface area contributed by atoms with Crippen LogP contribution in [0.4, 0.5) is 5.69 Å². The van der Waals surface area contributed by atoms with Gasteiger partial charge in [0.1, 0.15) is 0 Å². The number of carbonyl (C=O) groups excluding carboxylic acids is 3. The molecule has 5 nitrogen and oxygen atoms in total. The van der Waals surface area contributed by atoms with Gasteiger partial charge in [-0.15, -0.1) is 0 Å². The number of rotatable bonds is 12. The number of benzene rings is 1. The van der Waals surface area contributed by atoms with E-state index in [1.54, 1.807) is 24.3 Å². The van der Waals surface area contributed by atoms with Gasteiger partial charge in [-0.1, -0.05) is 79.1 Å². The second kappa shape index (κ2) is 10.8. The highest BCUT2D eigenvalue weighted by Gasteiger charge is 2.64. The van der Waals surface area contributed by atoms with Crippen molar-refractivity contribution >= 4 is 23.5 Å². The maximum atomic E-state index is 13.3. The quantitative estimate of drug-likeness (QED) is 0.200. The summed E-state index contributed by atoms with van der Waals surface area (Å²) in [6.45, 7) is 8.70. The maximum absolute atomic E-state index is 13.3. The Morgan fingerprint density at radius 3 is 2.12 bits per heavy atom. The zero-order chi connectivity index (χ0) is 24.1. The van der Waals surface area contributed by atoms with Gasteiger partial charge in [0.2, 0.25) is 11.8 Å². The molecule has 0 spiro atoms. The molecule has 1 aromatic carbocycles. The first kappa shape index (κ1) is 25.5. The van der Waals surface area contributed by atoms with Crippen molar-refractivity contribution in [2.45, 2.75) is 98.3 Å². The lowest BCUT2D eigenvalue weighted by molar-refractivity contribution is -0.146. The molecular formula is C28H41NO4. The minimum Gasteiger partial charge on any atom is -0.462 e. The van der Waals surface area contributed by atoms with Gasteiger partial charge in [0.15, 0.2) is 0 Å². The van der Waals surface area contributed by atoms with Crippen LogP contribution in [0.2, 0.25) is 0 Å². The minimum atomic E-state index is -0.543. The van der Waals surface area contributed by atoms with Crippen molar-refractivity contribution in [3.63, 3.8) is 0 Å². The van der Waals surface area contributed by atoms with Gasteiger partial charge >= 0.3 is 5.97 Å². The summed E-state index contributed by atoms with van der Waals surface area (Å²) in [5, 5.41) is 0. The summed E-state index contributed by atoms with van der Waals surface area (Å²) in [4.78, 5) is 40.1. The number of piperidine rings is 1. The van der Waals surface area contributed by atoms with Crippen LogP contribution < -0.4 is 4.90 Å². The number of amides is 2. The van der Waals surface area contributed by atoms with Crippen molar-refractivity contribution in [1.82, 2.24) is 0 Å². The fourth-order valence-corrected chi connectivity index (χ4v) is 5.47. The number of nitrogens with zero attached hydrogens (tertiary/aromatic N) is 1. The van der Waals surface area contributed by atoms with E-state index in [9.17, 15) is 14.4 Å². The Kier molecular flexibility index (Phi) is 8.36. The molecule has 1 aliphatic heterocycles. The Bertz CT molecular complexity index is 844. The molecule has 2 amide bonds. The highest BCUT2D eigenvalue weighted by Crippen LogP contribution is 2.60. The van der Waals surface area contributed by atoms with Crippen LogP contribution in [0, 0.1) is 16.7 Å². The fourth-order valence-electron chi connectivity index (χ4n) is 5.47. The summed E-state index contributed by atoms with van der Waals surface area (Å²) in [5.74, 6) is -0.764. The first-order chi connectivity index (χ1) is 15.7. The molecule has 2 bridgehead atoms. The number of imide groups is 1. The SMILES string of the molecule is CCCCCCCCCCCOC(=O)c1ccc(N2C(=O)[C@H]3CC[C@@](C)(C2=O)C3(C)C)cc1. The van der Waals surface area contributed by atoms with Crippen molar-refractivity contribution in [2.24, 2.45) is 16.7 Å². The topological polar surface area (TPSA) is 63.7 Å². The molecule has 2 fully saturated rings. The van der Waals surface area contributed by atoms with E-state index in [0.29, 0.717) is 17.9 Å². The summed E-state index contributed by atoms with van der Waals surface area (Å²) < 4.78 is 5.42. The van der Waals surface area contributed by atoms with Crippen LogP contribution in [0.25, 0.3) is 0 Å². The monoisotopic (exact) mass is 455 g/mol. The van der Waals surface area contributed by atoms with Crippen LogP contribution in [-0.2, 0) is 14.3 Å². The summed E-state index contributed by atoms with van der Waals surface area (Å²) in [5.41, 5.74) is 0.102. The second-order valence-electron chi connectivity index (χ2n) is 10.6. The van der Waals surface area contributed by atoms with Crippen molar-refractivity contribution in [1.29, 1.82) is 0 Å². The van der Waals surface area contributed by atoms with Gasteiger partial charge in [0, 0.05) is 5.92 Å². The van der Waals surface area contributed by atoms with Gasteiger partial charge in [-0.25, -0.2) is 9.69 Å². The molecule has 33 heavy (non-hydrogen) atoms. The third-order valence-electron chi connectivity index (χ3n) is 8.26. The van der Waals surface area contributed by atoms with Gasteiger partial charge in [0.25, 0.3) is 0 Å². The number of fused-ring (bicyclic) bond motifs is 2. The van der Waals surface area contributed by atoms with Gasteiger partial charge in [-0.3, -0.25) is 9.59 Å². The Labute approximate surface area is 199 Å². The average molecular weight is 456 g/mol. The van der Waals surface area contributed by atoms with Crippen molar-refractivity contribution in [3.8, 4) is 0 Å². The number of anilines is 1. The second-order valence-corrected chi connectivity index (χ2v) is 10.6. The Morgan fingerprint density at radius 2 is 1.52 bits per heavy atom. The van der Waals surface area contributed by atoms with E-state index in [4.69, 9.17) is 4.74 Å². The predicted molar refractivity (Wildman–Crippen MR) is 131 cm³/mol. The number of hydrogen-bond acceptors (Lipinski definition) is 4. The van der Waals surface area contributed by atoms with Gasteiger partial charge in [-0.2, -0.15) is 0 Å². The molecule has 1 saturated carbocycles. The molecule has 0 aromatic heterocycles. The third-order valence-corrected chi connectivity index (χ3v) is 8.26. The molecule has 3 rings (SSSR count). The lowest BCUT2D eigenvalue weighted by atomic mass is 9.62. The Hall–Kier alpha value is -2.17. The molecule has 1 aromatic rings. The minimum absolute atomic E-state index is 0.124. The van der Waals surface area contributed by atoms with Crippen molar-refractivity contribution in [3.05, 3.63) is 29.8 Å². The standard InChI is InChI=1S/C28H41NO4/c1-5-6-7-8-9-10-11-12-13-20-33-25(31)21-14-16-22(17-15-21)29-24(30)23-18-19-28(4,26(29)32)27(23,2)3/h14-17,23H,5-13,18-20H2,1-4H3/t23-,28+/m1/s1. The third kappa shape index (κ3) is 5.17. The van der Waals surface area contributed by atoms with Crippen LogP contribution in [0.15, 0.2) is 24.3 Å². The molecule has 1 saturated heterocycles. The molecule has 5 heteroatoms. The highest BCUT2D eigenvalue weighted by molar-refractivity contribution is 6.20. The largest absolute Gasteiger partial charge is 0.462 e. The molecule has 0 N–H and O–H groups in total. The predicted octanol–water partition coefficient (Wildman–Crippen LogP) is 6.69. The number of carbonyl (C=O) groups is 3. The first-order valence-electron chi connectivity index (χ1n) is 12.9. The smallest absolute Gasteiger partial charge is 0.338 e. The van der Waals surface area contributed by atoms with Gasteiger partial charge < -0.3 is 4.74 Å². The van der Waals surface area contributed by atoms with Crippen LogP contribution in [0.5, 0.6) is 0 Å². The zero-order valence-corrected chi connectivity index (χ0v) is 21.0. The van der Waals surface area contributed by atoms with E-state index in [-0.39, 0.29) is 29.1 Å². The van der Waals surface area contributed by atoms with Crippen molar-refractivity contribution < 1.29 is 19.1 Å². The Balaban J connectivity index is 1.46. The van der Waals surface area contributed by atoms with E-state index in [1.807, 2.05) is 20.8 Å². The summed E-state index contributed by atoms with van der Waals surface area (Å²) in [6, 6.07) is 6.68. The highest BCUT2D eigenvalue weighted by atomic mass is 16.5. The van der Waals surface area contributed by atoms with Gasteiger partial charge in [0.05, 0.1) is 23.3 Å². The fraction of sp³-hybridized carbons (Fsp3) is 0.679. The average Bonchev–Trinajstić information content (AvgIpc) is 2.98. The van der Waals surface area contributed by atoms with E-state index in [1.165, 1.54) is 49.8 Å². The van der Waals surface area contributed by atoms with Gasteiger partial charge in [-0.05, 0) is 48.9 Å². The summed E-state index contributed by atoms with van der Waals surface area (Å²) >= 11 is 0. The van der Waals surface area contributed by atoms with Crippen LogP contribution in [-0.4, -0.2) is 24.4 Å². The molecule has 0 unspecified atom stereocenters. The van der Waals surface area contributed by atoms with E-state index < -0.39 is 5.41 Å². The number of unbranched alkanes of at least 4 members (excludes halogenated alkanes) is 8. The zero-order valence-electron chi connectivity index (χ0n) is 21.0.